The summed E-state index contributed by atoms with van der Waals surface area (Å²) in [5, 5.41) is 10.8. The first-order valence-electron chi connectivity index (χ1n) is 10.1. The van der Waals surface area contributed by atoms with Crippen molar-refractivity contribution >= 4 is 5.65 Å². The number of fused-ring (bicyclic) bond motifs is 2. The summed E-state index contributed by atoms with van der Waals surface area (Å²) < 4.78 is 12.3. The minimum atomic E-state index is -0.161. The van der Waals surface area contributed by atoms with E-state index in [1.54, 1.807) is 20.3 Å². The summed E-state index contributed by atoms with van der Waals surface area (Å²) in [6, 6.07) is 7.27. The molecule has 0 unspecified atom stereocenters. The Morgan fingerprint density at radius 1 is 1.13 bits per heavy atom. The number of hydrogen-bond donors (Lipinski definition) is 2. The second-order valence-corrected chi connectivity index (χ2v) is 7.41. The maximum atomic E-state index is 12.9. The molecule has 5 rings (SSSR count). The number of nitrogens with zero attached hydrogens (tertiary/aromatic N) is 3. The van der Waals surface area contributed by atoms with Crippen molar-refractivity contribution in [3.8, 4) is 34.0 Å². The fourth-order valence-electron chi connectivity index (χ4n) is 4.29. The van der Waals surface area contributed by atoms with Gasteiger partial charge in [-0.3, -0.25) is 15.0 Å². The largest absolute Gasteiger partial charge is 0.493 e. The molecule has 3 heterocycles. The van der Waals surface area contributed by atoms with Gasteiger partial charge in [-0.05, 0) is 43.4 Å². The van der Waals surface area contributed by atoms with Crippen LogP contribution in [0.4, 0.5) is 0 Å². The lowest BCUT2D eigenvalue weighted by Gasteiger charge is -2.10. The van der Waals surface area contributed by atoms with E-state index in [-0.39, 0.29) is 5.56 Å². The molecule has 0 saturated heterocycles. The Balaban J connectivity index is 1.75. The average Bonchev–Trinajstić information content (AvgIpc) is 3.47. The summed E-state index contributed by atoms with van der Waals surface area (Å²) in [6.07, 6.45) is 3.77. The summed E-state index contributed by atoms with van der Waals surface area (Å²) >= 11 is 0. The molecule has 0 amide bonds. The van der Waals surface area contributed by atoms with Gasteiger partial charge in [0.05, 0.1) is 19.9 Å². The van der Waals surface area contributed by atoms with Gasteiger partial charge in [0.15, 0.2) is 17.1 Å². The summed E-state index contributed by atoms with van der Waals surface area (Å²) in [7, 11) is 3.22. The van der Waals surface area contributed by atoms with Gasteiger partial charge in [-0.25, -0.2) is 9.50 Å². The zero-order chi connectivity index (χ0) is 20.8. The predicted octanol–water partition coefficient (Wildman–Crippen LogP) is 3.15. The summed E-state index contributed by atoms with van der Waals surface area (Å²) in [6.45, 7) is 2.04. The van der Waals surface area contributed by atoms with Gasteiger partial charge < -0.3 is 9.47 Å². The number of ether oxygens (including phenoxy) is 2. The number of H-pyrrole nitrogens is 2. The molecule has 2 N–H and O–H groups in total. The van der Waals surface area contributed by atoms with Gasteiger partial charge in [-0.15, -0.1) is 0 Å². The van der Waals surface area contributed by atoms with Crippen molar-refractivity contribution < 1.29 is 9.47 Å². The second kappa shape index (κ2) is 7.05. The van der Waals surface area contributed by atoms with Crippen LogP contribution in [-0.4, -0.2) is 39.0 Å². The highest BCUT2D eigenvalue weighted by molar-refractivity contribution is 5.82. The molecule has 8 heteroatoms. The van der Waals surface area contributed by atoms with Crippen LogP contribution >= 0.6 is 0 Å². The normalized spacial score (nSPS) is 13.0. The number of rotatable bonds is 5. The SMILES string of the molecule is CCc1[nH]n2c(=O)cc(-c3n[nH]c4c3CCC4)nc2c1-c1ccc(OC)c(OC)c1. The third-order valence-corrected chi connectivity index (χ3v) is 5.77. The molecule has 3 aromatic heterocycles. The number of aryl methyl sites for hydroxylation is 2. The third kappa shape index (κ3) is 2.71. The summed E-state index contributed by atoms with van der Waals surface area (Å²) in [4.78, 5) is 17.8. The molecule has 4 aromatic rings. The monoisotopic (exact) mass is 405 g/mol. The number of nitrogens with one attached hydrogen (secondary N) is 2. The van der Waals surface area contributed by atoms with E-state index in [9.17, 15) is 4.79 Å². The maximum Gasteiger partial charge on any atom is 0.273 e. The molecule has 0 saturated carbocycles. The smallest absolute Gasteiger partial charge is 0.273 e. The molecule has 0 atom stereocenters. The Bertz CT molecular complexity index is 1310. The Labute approximate surface area is 172 Å². The quantitative estimate of drug-likeness (QED) is 0.532. The molecule has 1 aromatic carbocycles. The first-order chi connectivity index (χ1) is 14.6. The van der Waals surface area contributed by atoms with E-state index in [0.717, 1.165) is 53.9 Å². The second-order valence-electron chi connectivity index (χ2n) is 7.41. The van der Waals surface area contributed by atoms with E-state index in [0.29, 0.717) is 22.8 Å². The Morgan fingerprint density at radius 2 is 1.97 bits per heavy atom. The molecule has 1 aliphatic carbocycles. The predicted molar refractivity (Wildman–Crippen MR) is 113 cm³/mol. The maximum absolute atomic E-state index is 12.9. The van der Waals surface area contributed by atoms with Crippen molar-refractivity contribution in [3.05, 3.63) is 51.6 Å². The highest BCUT2D eigenvalue weighted by Crippen LogP contribution is 2.36. The van der Waals surface area contributed by atoms with Gasteiger partial charge in [0, 0.05) is 28.6 Å². The zero-order valence-electron chi connectivity index (χ0n) is 17.2. The fourth-order valence-corrected chi connectivity index (χ4v) is 4.29. The van der Waals surface area contributed by atoms with Crippen molar-refractivity contribution in [1.82, 2.24) is 24.8 Å². The van der Waals surface area contributed by atoms with E-state index in [1.807, 2.05) is 25.1 Å². The van der Waals surface area contributed by atoms with E-state index in [4.69, 9.17) is 14.5 Å². The highest BCUT2D eigenvalue weighted by Gasteiger charge is 2.23. The van der Waals surface area contributed by atoms with Crippen LogP contribution in [0.1, 0.15) is 30.3 Å². The fraction of sp³-hybridized carbons (Fsp3) is 0.318. The third-order valence-electron chi connectivity index (χ3n) is 5.77. The molecule has 0 radical (unpaired) electrons. The van der Waals surface area contributed by atoms with Crippen LogP contribution in [0.25, 0.3) is 28.2 Å². The first-order valence-corrected chi connectivity index (χ1v) is 10.1. The Hall–Kier alpha value is -3.55. The van der Waals surface area contributed by atoms with Gasteiger partial charge in [-0.2, -0.15) is 5.10 Å². The van der Waals surface area contributed by atoms with E-state index in [1.165, 1.54) is 10.1 Å². The zero-order valence-corrected chi connectivity index (χ0v) is 17.2. The molecular formula is C22H23N5O3. The number of methoxy groups -OCH3 is 2. The van der Waals surface area contributed by atoms with Crippen molar-refractivity contribution in [2.24, 2.45) is 0 Å². The van der Waals surface area contributed by atoms with Crippen molar-refractivity contribution in [1.29, 1.82) is 0 Å². The van der Waals surface area contributed by atoms with Gasteiger partial charge >= 0.3 is 0 Å². The molecule has 0 bridgehead atoms. The first kappa shape index (κ1) is 18.5. The van der Waals surface area contributed by atoms with Gasteiger partial charge in [0.25, 0.3) is 5.56 Å². The van der Waals surface area contributed by atoms with Gasteiger partial charge in [0.1, 0.15) is 5.69 Å². The van der Waals surface area contributed by atoms with Gasteiger partial charge in [0.2, 0.25) is 0 Å². The molecule has 154 valence electrons. The number of hydrogen-bond acceptors (Lipinski definition) is 5. The molecular weight excluding hydrogens is 382 g/mol. The minimum absolute atomic E-state index is 0.161. The van der Waals surface area contributed by atoms with Gasteiger partial charge in [-0.1, -0.05) is 13.0 Å². The van der Waals surface area contributed by atoms with Crippen molar-refractivity contribution in [2.75, 3.05) is 14.2 Å². The number of benzene rings is 1. The summed E-state index contributed by atoms with van der Waals surface area (Å²) in [5.74, 6) is 1.28. The lowest BCUT2D eigenvalue weighted by Crippen LogP contribution is -2.14. The highest BCUT2D eigenvalue weighted by atomic mass is 16.5. The Kier molecular flexibility index (Phi) is 4.34. The molecule has 8 nitrogen and oxygen atoms in total. The van der Waals surface area contributed by atoms with E-state index < -0.39 is 0 Å². The Morgan fingerprint density at radius 3 is 2.73 bits per heavy atom. The van der Waals surface area contributed by atoms with Crippen LogP contribution in [0, 0.1) is 0 Å². The molecule has 0 aliphatic heterocycles. The van der Waals surface area contributed by atoms with E-state index in [2.05, 4.69) is 15.3 Å². The van der Waals surface area contributed by atoms with Crippen LogP contribution in [-0.2, 0) is 19.3 Å². The van der Waals surface area contributed by atoms with Crippen LogP contribution in [0.15, 0.2) is 29.1 Å². The minimum Gasteiger partial charge on any atom is -0.493 e. The average molecular weight is 405 g/mol. The van der Waals surface area contributed by atoms with E-state index >= 15 is 0 Å². The van der Waals surface area contributed by atoms with Crippen LogP contribution < -0.4 is 15.0 Å². The molecule has 1 aliphatic rings. The van der Waals surface area contributed by atoms with Crippen molar-refractivity contribution in [2.45, 2.75) is 32.6 Å². The molecule has 0 fully saturated rings. The van der Waals surface area contributed by atoms with Crippen LogP contribution in [0.2, 0.25) is 0 Å². The molecule has 0 spiro atoms. The topological polar surface area (TPSA) is 97.3 Å². The van der Waals surface area contributed by atoms with Crippen molar-refractivity contribution in [3.63, 3.8) is 0 Å². The van der Waals surface area contributed by atoms with Crippen LogP contribution in [0.5, 0.6) is 11.5 Å². The lowest BCUT2D eigenvalue weighted by atomic mass is 10.0. The van der Waals surface area contributed by atoms with Crippen LogP contribution in [0.3, 0.4) is 0 Å². The lowest BCUT2D eigenvalue weighted by molar-refractivity contribution is 0.355. The summed E-state index contributed by atoms with van der Waals surface area (Å²) in [5.41, 5.74) is 6.82. The number of aromatic nitrogens is 5. The standard InChI is InChI=1S/C22H23N5O3/c1-4-14-20(12-8-9-17(29-2)18(10-12)30-3)22-23-16(11-19(28)27(22)26-14)21-13-6-5-7-15(13)24-25-21/h8-11,26H,4-7H2,1-3H3,(H,24,25). The molecule has 30 heavy (non-hydrogen) atoms. The number of aromatic amines is 2.